The van der Waals surface area contributed by atoms with Crippen molar-refractivity contribution in [3.8, 4) is 5.75 Å². The van der Waals surface area contributed by atoms with Crippen LogP contribution in [0.15, 0.2) is 47.4 Å². The van der Waals surface area contributed by atoms with Crippen molar-refractivity contribution in [3.05, 3.63) is 73.6 Å². The van der Waals surface area contributed by atoms with E-state index < -0.39 is 4.92 Å². The molecule has 0 aromatic heterocycles. The third kappa shape index (κ3) is 4.52. The average Bonchev–Trinajstić information content (AvgIpc) is 2.94. The van der Waals surface area contributed by atoms with Gasteiger partial charge in [0.25, 0.3) is 11.6 Å². The van der Waals surface area contributed by atoms with E-state index in [2.05, 4.69) is 0 Å². The minimum atomic E-state index is -0.452. The van der Waals surface area contributed by atoms with Crippen molar-refractivity contribution in [1.82, 2.24) is 4.90 Å². The van der Waals surface area contributed by atoms with Gasteiger partial charge >= 0.3 is 0 Å². The highest BCUT2D eigenvalue weighted by atomic mass is 35.5. The van der Waals surface area contributed by atoms with Crippen LogP contribution in [0.4, 0.5) is 5.69 Å². The topological polar surface area (TPSA) is 72.7 Å². The first-order chi connectivity index (χ1) is 13.4. The maximum atomic E-state index is 12.3. The van der Waals surface area contributed by atoms with E-state index in [-0.39, 0.29) is 18.2 Å². The highest BCUT2D eigenvalue weighted by molar-refractivity contribution is 8.26. The molecule has 1 saturated heterocycles. The molecule has 0 spiro atoms. The molecule has 0 radical (unpaired) electrons. The number of ether oxygens (including phenoxy) is 1. The van der Waals surface area contributed by atoms with Crippen LogP contribution in [0.25, 0.3) is 6.08 Å². The van der Waals surface area contributed by atoms with Crippen molar-refractivity contribution in [1.29, 1.82) is 0 Å². The second kappa shape index (κ2) is 8.72. The predicted octanol–water partition coefficient (Wildman–Crippen LogP) is 5.05. The van der Waals surface area contributed by atoms with Crippen LogP contribution in [-0.4, -0.2) is 26.6 Å². The van der Waals surface area contributed by atoms with Crippen molar-refractivity contribution >= 4 is 57.6 Å². The summed E-state index contributed by atoms with van der Waals surface area (Å²) in [4.78, 5) is 24.8. The second-order valence-corrected chi connectivity index (χ2v) is 7.91. The van der Waals surface area contributed by atoms with E-state index in [1.165, 1.54) is 23.9 Å². The van der Waals surface area contributed by atoms with Gasteiger partial charge in [-0.05, 0) is 36.3 Å². The summed E-state index contributed by atoms with van der Waals surface area (Å²) >= 11 is 12.8. The molecule has 2 aromatic carbocycles. The van der Waals surface area contributed by atoms with E-state index in [4.69, 9.17) is 28.6 Å². The molecular weight excluding hydrogens is 420 g/mol. The fraction of sp³-hybridized carbons (Fsp3) is 0.158. The number of carbonyl (C=O) groups excluding carboxylic acids is 1. The van der Waals surface area contributed by atoms with Crippen molar-refractivity contribution in [3.63, 3.8) is 0 Å². The number of carbonyl (C=O) groups is 1. The Kier molecular flexibility index (Phi) is 6.33. The first kappa shape index (κ1) is 20.3. The summed E-state index contributed by atoms with van der Waals surface area (Å²) in [5, 5.41) is 11.2. The maximum Gasteiger partial charge on any atom is 0.269 e. The Morgan fingerprint density at radius 2 is 2.11 bits per heavy atom. The van der Waals surface area contributed by atoms with Gasteiger partial charge in [0.1, 0.15) is 16.7 Å². The van der Waals surface area contributed by atoms with Crippen molar-refractivity contribution in [2.45, 2.75) is 13.5 Å². The highest BCUT2D eigenvalue weighted by Gasteiger charge is 2.30. The number of thioether (sulfide) groups is 1. The summed E-state index contributed by atoms with van der Waals surface area (Å²) in [5.74, 6) is 0.339. The lowest BCUT2D eigenvalue weighted by Crippen LogP contribution is -2.27. The van der Waals surface area contributed by atoms with Crippen molar-refractivity contribution < 1.29 is 14.5 Å². The smallest absolute Gasteiger partial charge is 0.269 e. The van der Waals surface area contributed by atoms with Crippen LogP contribution in [0.2, 0.25) is 5.02 Å². The molecule has 1 aliphatic heterocycles. The average molecular weight is 435 g/mol. The molecule has 3 rings (SSSR count). The number of halogens is 1. The molecule has 28 heavy (non-hydrogen) atoms. The van der Waals surface area contributed by atoms with Gasteiger partial charge in [0.2, 0.25) is 0 Å². The minimum Gasteiger partial charge on any atom is -0.487 e. The van der Waals surface area contributed by atoms with Gasteiger partial charge in [0, 0.05) is 18.7 Å². The van der Waals surface area contributed by atoms with Crippen LogP contribution in [0.1, 0.15) is 18.1 Å². The van der Waals surface area contributed by atoms with Gasteiger partial charge in [-0.25, -0.2) is 0 Å². The van der Waals surface area contributed by atoms with Crippen LogP contribution < -0.4 is 4.74 Å². The molecule has 9 heteroatoms. The van der Waals surface area contributed by atoms with Crippen LogP contribution in [0.5, 0.6) is 5.75 Å². The monoisotopic (exact) mass is 434 g/mol. The number of amides is 1. The van der Waals surface area contributed by atoms with Crippen LogP contribution in [0.3, 0.4) is 0 Å². The molecule has 0 atom stereocenters. The Labute approximate surface area is 176 Å². The summed E-state index contributed by atoms with van der Waals surface area (Å²) in [6.45, 7) is 2.56. The molecule has 1 heterocycles. The lowest BCUT2D eigenvalue weighted by atomic mass is 10.2. The largest absolute Gasteiger partial charge is 0.487 e. The van der Waals surface area contributed by atoms with Gasteiger partial charge in [-0.1, -0.05) is 53.8 Å². The summed E-state index contributed by atoms with van der Waals surface area (Å²) in [5.41, 5.74) is 1.42. The summed E-state index contributed by atoms with van der Waals surface area (Å²) in [6.07, 6.45) is 1.74. The van der Waals surface area contributed by atoms with E-state index in [0.29, 0.717) is 32.1 Å². The number of nitro benzene ring substituents is 1. The third-order valence-electron chi connectivity index (χ3n) is 3.96. The Balaban J connectivity index is 1.72. The number of benzene rings is 2. The number of rotatable bonds is 6. The number of hydrogen-bond donors (Lipinski definition) is 0. The van der Waals surface area contributed by atoms with Gasteiger partial charge in [-0.3, -0.25) is 19.8 Å². The fourth-order valence-electron chi connectivity index (χ4n) is 2.57. The minimum absolute atomic E-state index is 0.00642. The molecule has 6 nitrogen and oxygen atoms in total. The number of nitro groups is 1. The standard InChI is InChI=1S/C19H15ClN2O4S2/c1-2-21-18(23)17(28-19(21)27)10-12-6-7-16(15(20)9-12)26-11-13-4-3-5-14(8-13)22(24)25/h3-10H,2,11H2,1H3/b17-10-. The van der Waals surface area contributed by atoms with E-state index in [0.717, 1.165) is 5.56 Å². The van der Waals surface area contributed by atoms with Crippen molar-refractivity contribution in [2.24, 2.45) is 0 Å². The first-order valence-electron chi connectivity index (χ1n) is 8.30. The molecule has 1 amide bonds. The zero-order chi connectivity index (χ0) is 20.3. The zero-order valence-corrected chi connectivity index (χ0v) is 17.1. The van der Waals surface area contributed by atoms with Gasteiger partial charge in [-0.2, -0.15) is 0 Å². The highest BCUT2D eigenvalue weighted by Crippen LogP contribution is 2.34. The van der Waals surface area contributed by atoms with E-state index >= 15 is 0 Å². The second-order valence-electron chi connectivity index (χ2n) is 5.83. The zero-order valence-electron chi connectivity index (χ0n) is 14.8. The summed E-state index contributed by atoms with van der Waals surface area (Å²) in [6, 6.07) is 11.4. The Hall–Kier alpha value is -2.42. The fourth-order valence-corrected chi connectivity index (χ4v) is 4.20. The Morgan fingerprint density at radius 3 is 2.75 bits per heavy atom. The van der Waals surface area contributed by atoms with Gasteiger partial charge in [0.15, 0.2) is 0 Å². The van der Waals surface area contributed by atoms with E-state index in [9.17, 15) is 14.9 Å². The number of non-ortho nitro benzene ring substituents is 1. The third-order valence-corrected chi connectivity index (χ3v) is 5.63. The SMILES string of the molecule is CCN1C(=O)/C(=C/c2ccc(OCc3cccc([N+](=O)[O-])c3)c(Cl)c2)SC1=S. The summed E-state index contributed by atoms with van der Waals surface area (Å²) in [7, 11) is 0. The van der Waals surface area contributed by atoms with Gasteiger partial charge in [-0.15, -0.1) is 0 Å². The first-order valence-corrected chi connectivity index (χ1v) is 9.90. The summed E-state index contributed by atoms with van der Waals surface area (Å²) < 4.78 is 6.22. The predicted molar refractivity (Wildman–Crippen MR) is 114 cm³/mol. The number of likely N-dealkylation sites (N-methyl/N-ethyl adjacent to an activating group) is 1. The van der Waals surface area contributed by atoms with Crippen LogP contribution >= 0.6 is 35.6 Å². The molecule has 1 aliphatic rings. The molecule has 144 valence electrons. The van der Waals surface area contributed by atoms with Crippen LogP contribution in [0, 0.1) is 10.1 Å². The molecule has 1 fully saturated rings. The maximum absolute atomic E-state index is 12.3. The quantitative estimate of drug-likeness (QED) is 0.274. The lowest BCUT2D eigenvalue weighted by molar-refractivity contribution is -0.384. The molecule has 2 aromatic rings. The lowest BCUT2D eigenvalue weighted by Gasteiger charge is -2.10. The van der Waals surface area contributed by atoms with Crippen LogP contribution in [-0.2, 0) is 11.4 Å². The molecule has 0 N–H and O–H groups in total. The molecule has 0 saturated carbocycles. The Morgan fingerprint density at radius 1 is 1.32 bits per heavy atom. The molecule has 0 aliphatic carbocycles. The molecule has 0 bridgehead atoms. The van der Waals surface area contributed by atoms with E-state index in [1.807, 2.05) is 6.92 Å². The normalized spacial score (nSPS) is 15.4. The molecular formula is C19H15ClN2O4S2. The number of thiocarbonyl (C=S) groups is 1. The van der Waals surface area contributed by atoms with E-state index in [1.54, 1.807) is 41.3 Å². The number of hydrogen-bond acceptors (Lipinski definition) is 6. The molecule has 0 unspecified atom stereocenters. The number of nitrogens with zero attached hydrogens (tertiary/aromatic N) is 2. The van der Waals surface area contributed by atoms with Crippen molar-refractivity contribution in [2.75, 3.05) is 6.54 Å². The van der Waals surface area contributed by atoms with Gasteiger partial charge < -0.3 is 4.74 Å². The van der Waals surface area contributed by atoms with Gasteiger partial charge in [0.05, 0.1) is 14.9 Å². The Bertz CT molecular complexity index is 994.